The van der Waals surface area contributed by atoms with Gasteiger partial charge < -0.3 is 15.0 Å². The molecule has 1 aliphatic heterocycles. The summed E-state index contributed by atoms with van der Waals surface area (Å²) in [6, 6.07) is 14.5. The molecule has 1 N–H and O–H groups in total. The molecular formula is C23H31N3O2. The summed E-state index contributed by atoms with van der Waals surface area (Å²) in [6.07, 6.45) is 6.35. The molecule has 0 bridgehead atoms. The highest BCUT2D eigenvalue weighted by atomic mass is 16.5. The number of hydrogen-bond acceptors (Lipinski definition) is 3. The van der Waals surface area contributed by atoms with E-state index in [2.05, 4.69) is 54.5 Å². The van der Waals surface area contributed by atoms with Gasteiger partial charge in [-0.2, -0.15) is 0 Å². The van der Waals surface area contributed by atoms with Gasteiger partial charge in [0.2, 0.25) is 0 Å². The first-order chi connectivity index (χ1) is 13.4. The molecule has 0 saturated carbocycles. The summed E-state index contributed by atoms with van der Waals surface area (Å²) in [6.45, 7) is 6.25. The van der Waals surface area contributed by atoms with Crippen molar-refractivity contribution in [2.75, 3.05) is 20.2 Å². The van der Waals surface area contributed by atoms with Crippen LogP contribution in [-0.4, -0.2) is 41.7 Å². The maximum Gasteiger partial charge on any atom is 0.317 e. The summed E-state index contributed by atoms with van der Waals surface area (Å²) in [5.41, 5.74) is 2.23. The Labute approximate surface area is 168 Å². The summed E-state index contributed by atoms with van der Waals surface area (Å²) in [5.74, 6) is 0. The van der Waals surface area contributed by atoms with E-state index in [1.54, 1.807) is 17.3 Å². The Morgan fingerprint density at radius 2 is 2.00 bits per heavy atom. The number of urea groups is 1. The van der Waals surface area contributed by atoms with E-state index >= 15 is 0 Å². The van der Waals surface area contributed by atoms with Gasteiger partial charge in [-0.05, 0) is 50.3 Å². The highest BCUT2D eigenvalue weighted by Crippen LogP contribution is 2.43. The van der Waals surface area contributed by atoms with Crippen molar-refractivity contribution >= 4 is 6.03 Å². The number of carbonyl (C=O) groups excluding carboxylic acids is 1. The fourth-order valence-corrected chi connectivity index (χ4v) is 4.25. The minimum Gasteiger partial charge on any atom is -0.376 e. The maximum atomic E-state index is 12.5. The van der Waals surface area contributed by atoms with Gasteiger partial charge in [0, 0.05) is 44.6 Å². The van der Waals surface area contributed by atoms with Crippen molar-refractivity contribution in [1.82, 2.24) is 15.2 Å². The summed E-state index contributed by atoms with van der Waals surface area (Å²) in [4.78, 5) is 18.3. The molecule has 1 aromatic carbocycles. The number of rotatable bonds is 6. The lowest BCUT2D eigenvalue weighted by Crippen LogP contribution is -2.46. The molecule has 1 aliphatic rings. The Kier molecular flexibility index (Phi) is 6.35. The van der Waals surface area contributed by atoms with Crippen LogP contribution in [-0.2, 0) is 16.7 Å². The van der Waals surface area contributed by atoms with Crippen molar-refractivity contribution in [1.29, 1.82) is 0 Å². The van der Waals surface area contributed by atoms with E-state index < -0.39 is 0 Å². The number of benzene rings is 1. The van der Waals surface area contributed by atoms with Crippen LogP contribution in [0.15, 0.2) is 54.9 Å². The molecule has 2 aromatic rings. The van der Waals surface area contributed by atoms with Crippen LogP contribution in [0, 0.1) is 0 Å². The molecule has 0 radical (unpaired) electrons. The third-order valence-electron chi connectivity index (χ3n) is 5.59. The van der Waals surface area contributed by atoms with E-state index in [1.165, 1.54) is 5.56 Å². The van der Waals surface area contributed by atoms with Gasteiger partial charge in [-0.3, -0.25) is 4.98 Å². The lowest BCUT2D eigenvalue weighted by molar-refractivity contribution is -0.0838. The van der Waals surface area contributed by atoms with Crippen molar-refractivity contribution in [2.45, 2.75) is 50.7 Å². The molecule has 2 heterocycles. The van der Waals surface area contributed by atoms with Crippen molar-refractivity contribution < 1.29 is 9.53 Å². The van der Waals surface area contributed by atoms with Crippen molar-refractivity contribution in [3.05, 3.63) is 66.0 Å². The maximum absolute atomic E-state index is 12.5. The molecule has 2 amide bonds. The van der Waals surface area contributed by atoms with Crippen LogP contribution in [0.2, 0.25) is 0 Å². The second-order valence-electron chi connectivity index (χ2n) is 8.38. The Morgan fingerprint density at radius 1 is 1.21 bits per heavy atom. The molecule has 0 unspecified atom stereocenters. The van der Waals surface area contributed by atoms with Crippen LogP contribution in [0.5, 0.6) is 0 Å². The lowest BCUT2D eigenvalue weighted by Gasteiger charge is -2.45. The minimum atomic E-state index is -0.158. The van der Waals surface area contributed by atoms with Gasteiger partial charge in [0.1, 0.15) is 0 Å². The SMILES string of the molecule is CN(Cc1cccnc1)C(=O)NCC[C@@]1(c2ccccc2)CCOC(C)(C)C1. The molecule has 0 aliphatic carbocycles. The van der Waals surface area contributed by atoms with Crippen molar-refractivity contribution in [2.24, 2.45) is 0 Å². The van der Waals surface area contributed by atoms with Gasteiger partial charge in [0.15, 0.2) is 0 Å². The summed E-state index contributed by atoms with van der Waals surface area (Å²) in [5, 5.41) is 3.10. The predicted molar refractivity (Wildman–Crippen MR) is 111 cm³/mol. The molecule has 5 nitrogen and oxygen atoms in total. The topological polar surface area (TPSA) is 54.5 Å². The van der Waals surface area contributed by atoms with Gasteiger partial charge in [-0.15, -0.1) is 0 Å². The molecule has 5 heteroatoms. The fraction of sp³-hybridized carbons (Fsp3) is 0.478. The molecule has 1 fully saturated rings. The Balaban J connectivity index is 1.62. The largest absolute Gasteiger partial charge is 0.376 e. The predicted octanol–water partition coefficient (Wildman–Crippen LogP) is 4.14. The van der Waals surface area contributed by atoms with E-state index in [0.717, 1.165) is 31.4 Å². The zero-order chi connectivity index (χ0) is 20.0. The van der Waals surface area contributed by atoms with Gasteiger partial charge >= 0.3 is 6.03 Å². The molecule has 1 atom stereocenters. The number of nitrogens with zero attached hydrogens (tertiary/aromatic N) is 2. The van der Waals surface area contributed by atoms with Gasteiger partial charge in [-0.25, -0.2) is 4.79 Å². The monoisotopic (exact) mass is 381 g/mol. The number of amides is 2. The van der Waals surface area contributed by atoms with E-state index in [0.29, 0.717) is 13.1 Å². The summed E-state index contributed by atoms with van der Waals surface area (Å²) < 4.78 is 5.97. The second kappa shape index (κ2) is 8.74. The molecule has 150 valence electrons. The molecule has 1 saturated heterocycles. The molecule has 0 spiro atoms. The number of ether oxygens (including phenoxy) is 1. The summed E-state index contributed by atoms with van der Waals surface area (Å²) in [7, 11) is 1.81. The van der Waals surface area contributed by atoms with Crippen LogP contribution < -0.4 is 5.32 Å². The number of nitrogens with one attached hydrogen (secondary N) is 1. The first-order valence-corrected chi connectivity index (χ1v) is 9.98. The number of carbonyl (C=O) groups is 1. The average Bonchev–Trinajstić information content (AvgIpc) is 2.68. The number of pyridine rings is 1. The van der Waals surface area contributed by atoms with Gasteiger partial charge in [0.05, 0.1) is 5.60 Å². The fourth-order valence-electron chi connectivity index (χ4n) is 4.25. The first kappa shape index (κ1) is 20.3. The first-order valence-electron chi connectivity index (χ1n) is 9.98. The van der Waals surface area contributed by atoms with Crippen LogP contribution in [0.3, 0.4) is 0 Å². The molecular weight excluding hydrogens is 350 g/mol. The minimum absolute atomic E-state index is 0.0260. The zero-order valence-electron chi connectivity index (χ0n) is 17.1. The highest BCUT2D eigenvalue weighted by molar-refractivity contribution is 5.73. The third-order valence-corrected chi connectivity index (χ3v) is 5.59. The number of hydrogen-bond donors (Lipinski definition) is 1. The Bertz CT molecular complexity index is 764. The van der Waals surface area contributed by atoms with Crippen LogP contribution >= 0.6 is 0 Å². The van der Waals surface area contributed by atoms with Gasteiger partial charge in [0.25, 0.3) is 0 Å². The normalized spacial score (nSPS) is 21.1. The molecule has 28 heavy (non-hydrogen) atoms. The Morgan fingerprint density at radius 3 is 2.68 bits per heavy atom. The third kappa shape index (κ3) is 5.10. The summed E-state index contributed by atoms with van der Waals surface area (Å²) >= 11 is 0. The van der Waals surface area contributed by atoms with Crippen molar-refractivity contribution in [3.63, 3.8) is 0 Å². The number of aromatic nitrogens is 1. The molecule has 1 aromatic heterocycles. The van der Waals surface area contributed by atoms with E-state index in [-0.39, 0.29) is 17.0 Å². The smallest absolute Gasteiger partial charge is 0.317 e. The quantitative estimate of drug-likeness (QED) is 0.818. The lowest BCUT2D eigenvalue weighted by atomic mass is 9.67. The highest BCUT2D eigenvalue weighted by Gasteiger charge is 2.41. The van der Waals surface area contributed by atoms with Crippen LogP contribution in [0.1, 0.15) is 44.2 Å². The standard InChI is InChI=1S/C23H31N3O2/c1-22(2)18-23(12-15-28-22,20-9-5-4-6-10-20)11-14-25-21(27)26(3)17-19-8-7-13-24-16-19/h4-10,13,16H,11-12,14-15,17-18H2,1-3H3,(H,25,27)/t23-/m1/s1. The van der Waals surface area contributed by atoms with E-state index in [9.17, 15) is 4.79 Å². The van der Waals surface area contributed by atoms with Crippen LogP contribution in [0.4, 0.5) is 4.79 Å². The zero-order valence-corrected chi connectivity index (χ0v) is 17.1. The van der Waals surface area contributed by atoms with Crippen molar-refractivity contribution in [3.8, 4) is 0 Å². The van der Waals surface area contributed by atoms with Gasteiger partial charge in [-0.1, -0.05) is 36.4 Å². The van der Waals surface area contributed by atoms with Crippen LogP contribution in [0.25, 0.3) is 0 Å². The second-order valence-corrected chi connectivity index (χ2v) is 8.38. The van der Waals surface area contributed by atoms with E-state index in [1.807, 2.05) is 19.2 Å². The average molecular weight is 382 g/mol. The van der Waals surface area contributed by atoms with E-state index in [4.69, 9.17) is 4.74 Å². The molecule has 3 rings (SSSR count). The Hall–Kier alpha value is -2.40.